The first-order chi connectivity index (χ1) is 9.83. The van der Waals surface area contributed by atoms with Crippen molar-refractivity contribution in [2.45, 2.75) is 12.3 Å². The van der Waals surface area contributed by atoms with Crippen molar-refractivity contribution in [3.8, 4) is 0 Å². The maximum atomic E-state index is 6.28. The third-order valence-corrected chi connectivity index (χ3v) is 4.72. The van der Waals surface area contributed by atoms with Crippen LogP contribution in [0.15, 0.2) is 36.4 Å². The lowest BCUT2D eigenvalue weighted by atomic mass is 9.77. The van der Waals surface area contributed by atoms with E-state index in [1.54, 1.807) is 0 Å². The number of rotatable bonds is 3. The summed E-state index contributed by atoms with van der Waals surface area (Å²) in [6.45, 7) is 0.882. The number of hydrogen-bond acceptors (Lipinski definition) is 4. The van der Waals surface area contributed by atoms with Crippen LogP contribution in [0.25, 0.3) is 11.0 Å². The van der Waals surface area contributed by atoms with E-state index < -0.39 is 0 Å². The topological polar surface area (TPSA) is 37.8 Å². The van der Waals surface area contributed by atoms with Gasteiger partial charge in [0, 0.05) is 12.5 Å². The molecule has 1 N–H and O–H groups in total. The SMILES string of the molecule is Clc1ccc2nsnc2c1NCC1Cc2ccccc21. The van der Waals surface area contributed by atoms with Gasteiger partial charge in [0.05, 0.1) is 22.4 Å². The molecule has 1 atom stereocenters. The van der Waals surface area contributed by atoms with E-state index in [9.17, 15) is 0 Å². The van der Waals surface area contributed by atoms with Crippen LogP contribution in [0.4, 0.5) is 5.69 Å². The van der Waals surface area contributed by atoms with Crippen molar-refractivity contribution in [3.63, 3.8) is 0 Å². The van der Waals surface area contributed by atoms with Crippen LogP contribution in [-0.2, 0) is 6.42 Å². The molecule has 0 saturated heterocycles. The summed E-state index contributed by atoms with van der Waals surface area (Å²) in [7, 11) is 0. The smallest absolute Gasteiger partial charge is 0.129 e. The van der Waals surface area contributed by atoms with Crippen LogP contribution in [0.1, 0.15) is 17.0 Å². The lowest BCUT2D eigenvalue weighted by Gasteiger charge is -2.30. The highest BCUT2D eigenvalue weighted by molar-refractivity contribution is 7.00. The Bertz CT molecular complexity index is 784. The summed E-state index contributed by atoms with van der Waals surface area (Å²) in [5.74, 6) is 0.559. The van der Waals surface area contributed by atoms with Crippen LogP contribution >= 0.6 is 23.3 Å². The van der Waals surface area contributed by atoms with E-state index in [1.807, 2.05) is 12.1 Å². The fourth-order valence-corrected chi connectivity index (χ4v) is 3.53. The molecule has 1 unspecified atom stereocenters. The number of aromatic nitrogens is 2. The van der Waals surface area contributed by atoms with Crippen molar-refractivity contribution in [3.05, 3.63) is 52.5 Å². The molecular formula is C15H12ClN3S. The molecule has 20 heavy (non-hydrogen) atoms. The molecule has 1 aromatic heterocycles. The van der Waals surface area contributed by atoms with Gasteiger partial charge in [0.1, 0.15) is 11.0 Å². The van der Waals surface area contributed by atoms with E-state index in [0.717, 1.165) is 29.7 Å². The molecule has 5 heteroatoms. The molecule has 2 aromatic carbocycles. The molecule has 1 aliphatic rings. The van der Waals surface area contributed by atoms with Gasteiger partial charge in [-0.2, -0.15) is 8.75 Å². The second-order valence-electron chi connectivity index (χ2n) is 5.04. The molecule has 0 fully saturated rings. The first-order valence-corrected chi connectivity index (χ1v) is 7.66. The number of hydrogen-bond donors (Lipinski definition) is 1. The number of halogens is 1. The Morgan fingerprint density at radius 1 is 1.20 bits per heavy atom. The molecule has 100 valence electrons. The van der Waals surface area contributed by atoms with Gasteiger partial charge in [-0.3, -0.25) is 0 Å². The van der Waals surface area contributed by atoms with Crippen LogP contribution in [0.5, 0.6) is 0 Å². The van der Waals surface area contributed by atoms with Gasteiger partial charge in [0.2, 0.25) is 0 Å². The lowest BCUT2D eigenvalue weighted by Crippen LogP contribution is -2.24. The average Bonchev–Trinajstić information content (AvgIpc) is 2.90. The van der Waals surface area contributed by atoms with Crippen LogP contribution < -0.4 is 5.32 Å². The molecule has 1 heterocycles. The van der Waals surface area contributed by atoms with Crippen LogP contribution in [-0.4, -0.2) is 15.3 Å². The Kier molecular flexibility index (Phi) is 2.86. The van der Waals surface area contributed by atoms with E-state index in [0.29, 0.717) is 10.9 Å². The van der Waals surface area contributed by atoms with Crippen molar-refractivity contribution in [1.82, 2.24) is 8.75 Å². The van der Waals surface area contributed by atoms with Gasteiger partial charge < -0.3 is 5.32 Å². The molecule has 0 spiro atoms. The third-order valence-electron chi connectivity index (χ3n) is 3.86. The fourth-order valence-electron chi connectivity index (χ4n) is 2.77. The molecule has 0 saturated carbocycles. The zero-order chi connectivity index (χ0) is 13.5. The molecule has 0 bridgehead atoms. The second kappa shape index (κ2) is 4.72. The normalized spacial score (nSPS) is 16.8. The zero-order valence-electron chi connectivity index (χ0n) is 10.6. The van der Waals surface area contributed by atoms with Crippen molar-refractivity contribution < 1.29 is 0 Å². The second-order valence-corrected chi connectivity index (χ2v) is 5.97. The molecule has 0 amide bonds. The molecule has 0 radical (unpaired) electrons. The van der Waals surface area contributed by atoms with Gasteiger partial charge in [-0.1, -0.05) is 35.9 Å². The Labute approximate surface area is 125 Å². The summed E-state index contributed by atoms with van der Waals surface area (Å²) in [5, 5.41) is 4.16. The molecule has 3 aromatic rings. The molecule has 1 aliphatic carbocycles. The summed E-state index contributed by atoms with van der Waals surface area (Å²) < 4.78 is 8.58. The maximum Gasteiger partial charge on any atom is 0.129 e. The number of nitrogens with one attached hydrogen (secondary N) is 1. The average molecular weight is 302 g/mol. The Balaban J connectivity index is 1.58. The fraction of sp³-hybridized carbons (Fsp3) is 0.200. The Morgan fingerprint density at radius 2 is 2.10 bits per heavy atom. The molecule has 4 rings (SSSR count). The predicted molar refractivity (Wildman–Crippen MR) is 83.8 cm³/mol. The minimum absolute atomic E-state index is 0.559. The minimum Gasteiger partial charge on any atom is -0.381 e. The summed E-state index contributed by atoms with van der Waals surface area (Å²) in [6.07, 6.45) is 1.13. The van der Waals surface area contributed by atoms with Crippen molar-refractivity contribution in [2.75, 3.05) is 11.9 Å². The number of anilines is 1. The van der Waals surface area contributed by atoms with Crippen LogP contribution in [0.3, 0.4) is 0 Å². The van der Waals surface area contributed by atoms with Gasteiger partial charge in [0.25, 0.3) is 0 Å². The standard InChI is InChI=1S/C15H12ClN3S/c16-12-5-6-13-15(19-20-18-13)14(12)17-8-10-7-9-3-1-2-4-11(9)10/h1-6,10,17H,7-8H2. The van der Waals surface area contributed by atoms with Crippen molar-refractivity contribution in [2.24, 2.45) is 0 Å². The number of nitrogens with zero attached hydrogens (tertiary/aromatic N) is 2. The zero-order valence-corrected chi connectivity index (χ0v) is 12.2. The molecule has 3 nitrogen and oxygen atoms in total. The summed E-state index contributed by atoms with van der Waals surface area (Å²) in [6, 6.07) is 12.4. The van der Waals surface area contributed by atoms with Gasteiger partial charge >= 0.3 is 0 Å². The quantitative estimate of drug-likeness (QED) is 0.791. The molecule has 0 aliphatic heterocycles. The summed E-state index contributed by atoms with van der Waals surface area (Å²) in [4.78, 5) is 0. The van der Waals surface area contributed by atoms with Crippen molar-refractivity contribution in [1.29, 1.82) is 0 Å². The first kappa shape index (κ1) is 12.1. The lowest BCUT2D eigenvalue weighted by molar-refractivity contribution is 0.636. The summed E-state index contributed by atoms with van der Waals surface area (Å²) >= 11 is 7.50. The summed E-state index contributed by atoms with van der Waals surface area (Å²) in [5.41, 5.74) is 5.58. The Hall–Kier alpha value is -1.65. The minimum atomic E-state index is 0.559. The number of benzene rings is 2. The van der Waals surface area contributed by atoms with E-state index in [1.165, 1.54) is 22.9 Å². The highest BCUT2D eigenvalue weighted by Gasteiger charge is 2.25. The van der Waals surface area contributed by atoms with Gasteiger partial charge in [-0.25, -0.2) is 0 Å². The Morgan fingerprint density at radius 3 is 3.00 bits per heavy atom. The van der Waals surface area contributed by atoms with Crippen LogP contribution in [0, 0.1) is 0 Å². The van der Waals surface area contributed by atoms with Gasteiger partial charge in [0.15, 0.2) is 0 Å². The monoisotopic (exact) mass is 301 g/mol. The highest BCUT2D eigenvalue weighted by Crippen LogP contribution is 2.36. The largest absolute Gasteiger partial charge is 0.381 e. The van der Waals surface area contributed by atoms with Crippen molar-refractivity contribution >= 4 is 40.0 Å². The molecular weight excluding hydrogens is 290 g/mol. The highest BCUT2D eigenvalue weighted by atomic mass is 35.5. The first-order valence-electron chi connectivity index (χ1n) is 6.55. The van der Waals surface area contributed by atoms with E-state index in [-0.39, 0.29) is 0 Å². The number of fused-ring (bicyclic) bond motifs is 2. The van der Waals surface area contributed by atoms with Crippen LogP contribution in [0.2, 0.25) is 5.02 Å². The maximum absolute atomic E-state index is 6.28. The van der Waals surface area contributed by atoms with E-state index in [4.69, 9.17) is 11.6 Å². The van der Waals surface area contributed by atoms with E-state index >= 15 is 0 Å². The third kappa shape index (κ3) is 1.87. The predicted octanol–water partition coefficient (Wildman–Crippen LogP) is 4.10. The van der Waals surface area contributed by atoms with E-state index in [2.05, 4.69) is 38.3 Å². The van der Waals surface area contributed by atoms with Gasteiger partial charge in [-0.15, -0.1) is 0 Å². The van der Waals surface area contributed by atoms with Gasteiger partial charge in [-0.05, 0) is 29.7 Å².